The molecule has 1 saturated heterocycles. The van der Waals surface area contributed by atoms with Crippen molar-refractivity contribution in [1.29, 1.82) is 0 Å². The molecule has 6 heteroatoms. The van der Waals surface area contributed by atoms with Crippen LogP contribution in [0, 0.1) is 0 Å². The summed E-state index contributed by atoms with van der Waals surface area (Å²) in [6.07, 6.45) is 4.36. The van der Waals surface area contributed by atoms with Gasteiger partial charge in [0.1, 0.15) is 0 Å². The number of aryl methyl sites for hydroxylation is 1. The van der Waals surface area contributed by atoms with Crippen molar-refractivity contribution in [1.82, 2.24) is 9.88 Å². The monoisotopic (exact) mass is 264 g/mol. The van der Waals surface area contributed by atoms with Gasteiger partial charge in [-0.25, -0.2) is 4.79 Å². The van der Waals surface area contributed by atoms with E-state index in [0.29, 0.717) is 12.8 Å². The van der Waals surface area contributed by atoms with E-state index in [9.17, 15) is 9.59 Å². The number of amides is 1. The first-order valence-electron chi connectivity index (χ1n) is 6.02. The van der Waals surface area contributed by atoms with Crippen LogP contribution in [0.15, 0.2) is 24.5 Å². The third kappa shape index (κ3) is 2.73. The summed E-state index contributed by atoms with van der Waals surface area (Å²) in [4.78, 5) is 28.4. The summed E-state index contributed by atoms with van der Waals surface area (Å²) in [5.41, 5.74) is -0.225. The summed E-state index contributed by atoms with van der Waals surface area (Å²) in [7, 11) is 1.35. The van der Waals surface area contributed by atoms with Gasteiger partial charge in [0.15, 0.2) is 5.60 Å². The van der Waals surface area contributed by atoms with Gasteiger partial charge in [0.25, 0.3) is 0 Å². The van der Waals surface area contributed by atoms with E-state index in [4.69, 9.17) is 9.84 Å². The van der Waals surface area contributed by atoms with E-state index in [-0.39, 0.29) is 19.0 Å². The number of carboxylic acid groups (broad SMARTS) is 1. The van der Waals surface area contributed by atoms with Gasteiger partial charge in [0.2, 0.25) is 5.91 Å². The summed E-state index contributed by atoms with van der Waals surface area (Å²) in [6, 6.07) is 3.73. The number of carboxylic acids is 1. The molecule has 1 aliphatic heterocycles. The van der Waals surface area contributed by atoms with E-state index in [0.717, 1.165) is 5.56 Å². The van der Waals surface area contributed by atoms with E-state index in [2.05, 4.69) is 4.98 Å². The zero-order valence-corrected chi connectivity index (χ0v) is 10.7. The summed E-state index contributed by atoms with van der Waals surface area (Å²) in [5, 5.41) is 9.02. The number of aliphatic carboxylic acids is 1. The Morgan fingerprint density at radius 3 is 2.79 bits per heavy atom. The van der Waals surface area contributed by atoms with E-state index in [1.807, 2.05) is 12.1 Å². The molecule has 2 heterocycles. The highest BCUT2D eigenvalue weighted by atomic mass is 16.5. The van der Waals surface area contributed by atoms with E-state index in [1.165, 1.54) is 12.0 Å². The van der Waals surface area contributed by atoms with Gasteiger partial charge in [0, 0.05) is 25.9 Å². The van der Waals surface area contributed by atoms with Crippen molar-refractivity contribution in [3.05, 3.63) is 30.1 Å². The average molecular weight is 264 g/mol. The number of pyridine rings is 1. The maximum absolute atomic E-state index is 11.9. The number of ether oxygens (including phenoxy) is 1. The Balaban J connectivity index is 1.82. The highest BCUT2D eigenvalue weighted by Gasteiger charge is 2.51. The standard InChI is InChI=1S/C13H16N2O4/c1-19-13(12(17)18)8-15(9-13)11(16)5-4-10-3-2-6-14-7-10/h2-3,6-7H,4-5,8-9H2,1H3,(H,17,18). The fourth-order valence-electron chi connectivity index (χ4n) is 2.05. The Labute approximate surface area is 111 Å². The van der Waals surface area contributed by atoms with E-state index in [1.54, 1.807) is 12.4 Å². The molecule has 0 spiro atoms. The smallest absolute Gasteiger partial charge is 0.339 e. The molecular formula is C13H16N2O4. The molecule has 0 bridgehead atoms. The zero-order valence-electron chi connectivity index (χ0n) is 10.7. The highest BCUT2D eigenvalue weighted by molar-refractivity contribution is 5.85. The maximum Gasteiger partial charge on any atom is 0.339 e. The predicted octanol–water partition coefficient (Wildman–Crippen LogP) is 0.326. The van der Waals surface area contributed by atoms with Gasteiger partial charge in [-0.05, 0) is 18.1 Å². The lowest BCUT2D eigenvalue weighted by molar-refractivity contribution is -0.188. The van der Waals surface area contributed by atoms with Crippen LogP contribution in [0.1, 0.15) is 12.0 Å². The Bertz CT molecular complexity index is 469. The molecule has 1 aromatic heterocycles. The fraction of sp³-hybridized carbons (Fsp3) is 0.462. The second-order valence-corrected chi connectivity index (χ2v) is 4.61. The van der Waals surface area contributed by atoms with Crippen LogP contribution < -0.4 is 0 Å². The molecule has 0 aliphatic carbocycles. The van der Waals surface area contributed by atoms with Crippen molar-refractivity contribution < 1.29 is 19.4 Å². The summed E-state index contributed by atoms with van der Waals surface area (Å²) >= 11 is 0. The SMILES string of the molecule is COC1(C(=O)O)CN(C(=O)CCc2cccnc2)C1. The molecule has 1 amide bonds. The first-order valence-corrected chi connectivity index (χ1v) is 6.02. The van der Waals surface area contributed by atoms with Gasteiger partial charge in [-0.1, -0.05) is 6.07 Å². The number of carbonyl (C=O) groups is 2. The van der Waals surface area contributed by atoms with Gasteiger partial charge >= 0.3 is 5.97 Å². The van der Waals surface area contributed by atoms with Crippen LogP contribution in [0.25, 0.3) is 0 Å². The Hall–Kier alpha value is -1.95. The minimum Gasteiger partial charge on any atom is -0.479 e. The minimum absolute atomic E-state index is 0.0576. The van der Waals surface area contributed by atoms with Crippen LogP contribution in [-0.2, 0) is 20.7 Å². The van der Waals surface area contributed by atoms with Gasteiger partial charge in [-0.3, -0.25) is 9.78 Å². The van der Waals surface area contributed by atoms with E-state index < -0.39 is 11.6 Å². The molecule has 0 radical (unpaired) electrons. The number of likely N-dealkylation sites (tertiary alicyclic amines) is 1. The molecule has 19 heavy (non-hydrogen) atoms. The number of aromatic nitrogens is 1. The van der Waals surface area contributed by atoms with Crippen molar-refractivity contribution in [3.63, 3.8) is 0 Å². The molecule has 102 valence electrons. The third-order valence-electron chi connectivity index (χ3n) is 3.38. The van der Waals surface area contributed by atoms with Gasteiger partial charge in [-0.2, -0.15) is 0 Å². The van der Waals surface area contributed by atoms with Crippen LogP contribution >= 0.6 is 0 Å². The molecule has 1 N–H and O–H groups in total. The van der Waals surface area contributed by atoms with Crippen molar-refractivity contribution in [2.24, 2.45) is 0 Å². The molecule has 1 aromatic rings. The van der Waals surface area contributed by atoms with Crippen LogP contribution in [0.4, 0.5) is 0 Å². The number of rotatable bonds is 5. The average Bonchev–Trinajstić information content (AvgIpc) is 2.36. The second-order valence-electron chi connectivity index (χ2n) is 4.61. The lowest BCUT2D eigenvalue weighted by Crippen LogP contribution is -2.68. The largest absolute Gasteiger partial charge is 0.479 e. The molecule has 1 fully saturated rings. The van der Waals surface area contributed by atoms with Gasteiger partial charge < -0.3 is 14.7 Å². The third-order valence-corrected chi connectivity index (χ3v) is 3.38. The Morgan fingerprint density at radius 1 is 1.53 bits per heavy atom. The molecule has 6 nitrogen and oxygen atoms in total. The van der Waals surface area contributed by atoms with Crippen molar-refractivity contribution in [3.8, 4) is 0 Å². The lowest BCUT2D eigenvalue weighted by atomic mass is 9.93. The minimum atomic E-state index is -1.22. The van der Waals surface area contributed by atoms with Crippen LogP contribution in [0.5, 0.6) is 0 Å². The molecule has 0 atom stereocenters. The Morgan fingerprint density at radius 2 is 2.26 bits per heavy atom. The normalized spacial score (nSPS) is 16.8. The number of carbonyl (C=O) groups excluding carboxylic acids is 1. The number of methoxy groups -OCH3 is 1. The number of hydrogen-bond donors (Lipinski definition) is 1. The summed E-state index contributed by atoms with van der Waals surface area (Å²) in [5.74, 6) is -1.08. The summed E-state index contributed by atoms with van der Waals surface area (Å²) < 4.78 is 4.97. The van der Waals surface area contributed by atoms with Crippen LogP contribution in [0.2, 0.25) is 0 Å². The molecule has 0 aromatic carbocycles. The predicted molar refractivity (Wildman–Crippen MR) is 66.5 cm³/mol. The quantitative estimate of drug-likeness (QED) is 0.828. The van der Waals surface area contributed by atoms with Crippen molar-refractivity contribution in [2.75, 3.05) is 20.2 Å². The Kier molecular flexibility index (Phi) is 3.80. The van der Waals surface area contributed by atoms with Gasteiger partial charge in [-0.15, -0.1) is 0 Å². The number of hydrogen-bond acceptors (Lipinski definition) is 4. The molecule has 0 unspecified atom stereocenters. The second kappa shape index (κ2) is 5.36. The molecule has 1 aliphatic rings. The maximum atomic E-state index is 11.9. The van der Waals surface area contributed by atoms with Crippen LogP contribution in [-0.4, -0.2) is 52.7 Å². The first kappa shape index (κ1) is 13.5. The molecular weight excluding hydrogens is 248 g/mol. The van der Waals surface area contributed by atoms with E-state index >= 15 is 0 Å². The van der Waals surface area contributed by atoms with Gasteiger partial charge in [0.05, 0.1) is 13.1 Å². The molecule has 2 rings (SSSR count). The van der Waals surface area contributed by atoms with Crippen LogP contribution in [0.3, 0.4) is 0 Å². The van der Waals surface area contributed by atoms with Crippen molar-refractivity contribution in [2.45, 2.75) is 18.4 Å². The zero-order chi connectivity index (χ0) is 13.9. The lowest BCUT2D eigenvalue weighted by Gasteiger charge is -2.45. The highest BCUT2D eigenvalue weighted by Crippen LogP contribution is 2.25. The fourth-order valence-corrected chi connectivity index (χ4v) is 2.05. The molecule has 0 saturated carbocycles. The number of nitrogens with zero attached hydrogens (tertiary/aromatic N) is 2. The van der Waals surface area contributed by atoms with Crippen molar-refractivity contribution >= 4 is 11.9 Å². The summed E-state index contributed by atoms with van der Waals surface area (Å²) in [6.45, 7) is 0.232. The topological polar surface area (TPSA) is 79.7 Å². The first-order chi connectivity index (χ1) is 9.07.